The SMILES string of the molecule is N[C@H](CNCc1cccc2c1C(=O)N(C1CCC(=O)NC1=O)C2=O)C1CC1. The van der Waals surface area contributed by atoms with Gasteiger partial charge in [0, 0.05) is 25.6 Å². The van der Waals surface area contributed by atoms with E-state index >= 15 is 0 Å². The molecule has 1 saturated carbocycles. The van der Waals surface area contributed by atoms with Gasteiger partial charge < -0.3 is 11.1 Å². The van der Waals surface area contributed by atoms with E-state index in [0.717, 1.165) is 17.7 Å². The molecule has 3 aliphatic rings. The Kier molecular flexibility index (Phi) is 4.53. The summed E-state index contributed by atoms with van der Waals surface area (Å²) in [7, 11) is 0. The summed E-state index contributed by atoms with van der Waals surface area (Å²) >= 11 is 0. The highest BCUT2D eigenvalue weighted by Gasteiger charge is 2.45. The van der Waals surface area contributed by atoms with Crippen molar-refractivity contribution in [3.05, 3.63) is 34.9 Å². The van der Waals surface area contributed by atoms with Gasteiger partial charge in [0.1, 0.15) is 6.04 Å². The van der Waals surface area contributed by atoms with Crippen LogP contribution in [0.4, 0.5) is 0 Å². The van der Waals surface area contributed by atoms with Gasteiger partial charge in [0.15, 0.2) is 0 Å². The Balaban J connectivity index is 1.52. The molecule has 0 bridgehead atoms. The van der Waals surface area contributed by atoms with E-state index < -0.39 is 23.8 Å². The first-order valence-corrected chi connectivity index (χ1v) is 9.27. The molecule has 2 fully saturated rings. The number of piperidine rings is 1. The summed E-state index contributed by atoms with van der Waals surface area (Å²) < 4.78 is 0. The third kappa shape index (κ3) is 3.26. The molecule has 0 spiro atoms. The minimum absolute atomic E-state index is 0.0964. The van der Waals surface area contributed by atoms with Crippen LogP contribution in [0.15, 0.2) is 18.2 Å². The number of benzene rings is 1. The maximum absolute atomic E-state index is 13.0. The number of nitrogens with two attached hydrogens (primary N) is 1. The molecule has 2 aliphatic heterocycles. The lowest BCUT2D eigenvalue weighted by Gasteiger charge is -2.27. The summed E-state index contributed by atoms with van der Waals surface area (Å²) in [6.45, 7) is 1.07. The molecule has 1 unspecified atom stereocenters. The first kappa shape index (κ1) is 17.8. The second-order valence-electron chi connectivity index (χ2n) is 7.42. The van der Waals surface area contributed by atoms with Crippen LogP contribution in [0.25, 0.3) is 0 Å². The fraction of sp³-hybridized carbons (Fsp3) is 0.474. The fourth-order valence-electron chi connectivity index (χ4n) is 3.80. The molecule has 27 heavy (non-hydrogen) atoms. The van der Waals surface area contributed by atoms with Crippen LogP contribution in [0, 0.1) is 5.92 Å². The van der Waals surface area contributed by atoms with Crippen molar-refractivity contribution in [1.29, 1.82) is 0 Å². The van der Waals surface area contributed by atoms with Gasteiger partial charge in [0.2, 0.25) is 11.8 Å². The number of hydrogen-bond donors (Lipinski definition) is 3. The van der Waals surface area contributed by atoms with E-state index in [1.54, 1.807) is 18.2 Å². The van der Waals surface area contributed by atoms with Crippen LogP contribution in [0.3, 0.4) is 0 Å². The van der Waals surface area contributed by atoms with Crippen LogP contribution < -0.4 is 16.4 Å². The molecular weight excluding hydrogens is 348 g/mol. The van der Waals surface area contributed by atoms with Crippen LogP contribution in [0.1, 0.15) is 52.0 Å². The third-order valence-electron chi connectivity index (χ3n) is 5.48. The number of rotatable bonds is 6. The molecule has 2 heterocycles. The third-order valence-corrected chi connectivity index (χ3v) is 5.48. The average molecular weight is 370 g/mol. The number of nitrogens with one attached hydrogen (secondary N) is 2. The van der Waals surface area contributed by atoms with E-state index in [9.17, 15) is 19.2 Å². The Morgan fingerprint density at radius 1 is 1.15 bits per heavy atom. The zero-order valence-corrected chi connectivity index (χ0v) is 14.9. The molecule has 4 amide bonds. The molecule has 1 saturated heterocycles. The van der Waals surface area contributed by atoms with Crippen molar-refractivity contribution in [1.82, 2.24) is 15.5 Å². The molecule has 1 aromatic carbocycles. The van der Waals surface area contributed by atoms with Crippen molar-refractivity contribution in [3.8, 4) is 0 Å². The Bertz CT molecular complexity index is 833. The predicted molar refractivity (Wildman–Crippen MR) is 95.5 cm³/mol. The van der Waals surface area contributed by atoms with Crippen molar-refractivity contribution >= 4 is 23.6 Å². The zero-order valence-electron chi connectivity index (χ0n) is 14.9. The van der Waals surface area contributed by atoms with Gasteiger partial charge in [-0.25, -0.2) is 0 Å². The highest BCUT2D eigenvalue weighted by molar-refractivity contribution is 6.24. The summed E-state index contributed by atoms with van der Waals surface area (Å²) in [4.78, 5) is 50.2. The fourth-order valence-corrected chi connectivity index (χ4v) is 3.80. The Hall–Kier alpha value is -2.58. The molecular formula is C19H22N4O4. The summed E-state index contributed by atoms with van der Waals surface area (Å²) in [6.07, 6.45) is 2.59. The Morgan fingerprint density at radius 3 is 2.63 bits per heavy atom. The molecule has 142 valence electrons. The standard InChI is InChI=1S/C19H22N4O4/c20-13(10-4-5-10)9-21-8-11-2-1-3-12-16(11)19(27)23(18(12)26)14-6-7-15(24)22-17(14)25/h1-3,10,13-14,21H,4-9,20H2,(H,22,24,25)/t13-,14?/m1/s1. The largest absolute Gasteiger partial charge is 0.326 e. The average Bonchev–Trinajstić information content (AvgIpc) is 3.45. The van der Waals surface area contributed by atoms with E-state index in [4.69, 9.17) is 5.73 Å². The van der Waals surface area contributed by atoms with Crippen molar-refractivity contribution in [2.45, 2.75) is 44.3 Å². The lowest BCUT2D eigenvalue weighted by atomic mass is 10.0. The lowest BCUT2D eigenvalue weighted by molar-refractivity contribution is -0.136. The molecule has 1 aliphatic carbocycles. The normalized spacial score (nSPS) is 23.4. The molecule has 1 aromatic rings. The molecule has 2 atom stereocenters. The van der Waals surface area contributed by atoms with Crippen LogP contribution in [-0.4, -0.2) is 47.2 Å². The second-order valence-corrected chi connectivity index (χ2v) is 7.42. The number of carbonyl (C=O) groups excluding carboxylic acids is 4. The summed E-state index contributed by atoms with van der Waals surface area (Å²) in [5.41, 5.74) is 7.43. The maximum Gasteiger partial charge on any atom is 0.262 e. The lowest BCUT2D eigenvalue weighted by Crippen LogP contribution is -2.54. The number of imide groups is 2. The zero-order chi connectivity index (χ0) is 19.1. The van der Waals surface area contributed by atoms with Crippen LogP contribution in [0.2, 0.25) is 0 Å². The van der Waals surface area contributed by atoms with Crippen molar-refractivity contribution in [2.75, 3.05) is 6.54 Å². The molecule has 0 aromatic heterocycles. The van der Waals surface area contributed by atoms with Crippen molar-refractivity contribution in [2.24, 2.45) is 11.7 Å². The molecule has 0 radical (unpaired) electrons. The van der Waals surface area contributed by atoms with Gasteiger partial charge >= 0.3 is 0 Å². The number of fused-ring (bicyclic) bond motifs is 1. The van der Waals surface area contributed by atoms with Crippen LogP contribution in [-0.2, 0) is 16.1 Å². The summed E-state index contributed by atoms with van der Waals surface area (Å²) in [5.74, 6) is -1.37. The van der Waals surface area contributed by atoms with Gasteiger partial charge in [-0.2, -0.15) is 0 Å². The second kappa shape index (κ2) is 6.86. The van der Waals surface area contributed by atoms with Gasteiger partial charge in [0.05, 0.1) is 11.1 Å². The number of carbonyl (C=O) groups is 4. The van der Waals surface area contributed by atoms with Gasteiger partial charge in [-0.1, -0.05) is 12.1 Å². The van der Waals surface area contributed by atoms with Gasteiger partial charge in [-0.15, -0.1) is 0 Å². The van der Waals surface area contributed by atoms with Gasteiger partial charge in [-0.3, -0.25) is 29.4 Å². The van der Waals surface area contributed by atoms with E-state index in [1.807, 2.05) is 0 Å². The quantitative estimate of drug-likeness (QED) is 0.602. The molecule has 8 heteroatoms. The number of hydrogen-bond acceptors (Lipinski definition) is 6. The first-order valence-electron chi connectivity index (χ1n) is 9.27. The highest BCUT2D eigenvalue weighted by atomic mass is 16.2. The number of amides is 4. The predicted octanol–water partition coefficient (Wildman–Crippen LogP) is -0.0853. The topological polar surface area (TPSA) is 122 Å². The molecule has 8 nitrogen and oxygen atoms in total. The summed E-state index contributed by atoms with van der Waals surface area (Å²) in [6, 6.07) is 4.28. The van der Waals surface area contributed by atoms with Crippen LogP contribution >= 0.6 is 0 Å². The Morgan fingerprint density at radius 2 is 1.93 bits per heavy atom. The number of nitrogens with zero attached hydrogens (tertiary/aromatic N) is 1. The molecule has 4 N–H and O–H groups in total. The van der Waals surface area contributed by atoms with Gasteiger partial charge in [-0.05, 0) is 36.8 Å². The van der Waals surface area contributed by atoms with Crippen LogP contribution in [0.5, 0.6) is 0 Å². The van der Waals surface area contributed by atoms with E-state index in [-0.39, 0.29) is 24.8 Å². The Labute approximate surface area is 156 Å². The first-order chi connectivity index (χ1) is 13.0. The smallest absolute Gasteiger partial charge is 0.262 e. The minimum Gasteiger partial charge on any atom is -0.326 e. The minimum atomic E-state index is -0.945. The van der Waals surface area contributed by atoms with Crippen molar-refractivity contribution < 1.29 is 19.2 Å². The summed E-state index contributed by atoms with van der Waals surface area (Å²) in [5, 5.41) is 5.47. The van der Waals surface area contributed by atoms with Crippen molar-refractivity contribution in [3.63, 3.8) is 0 Å². The highest BCUT2D eigenvalue weighted by Crippen LogP contribution is 2.32. The van der Waals surface area contributed by atoms with E-state index in [1.165, 1.54) is 0 Å². The van der Waals surface area contributed by atoms with Gasteiger partial charge in [0.25, 0.3) is 11.8 Å². The van der Waals surface area contributed by atoms with E-state index in [0.29, 0.717) is 35.7 Å². The van der Waals surface area contributed by atoms with E-state index in [2.05, 4.69) is 10.6 Å². The maximum atomic E-state index is 13.0. The monoisotopic (exact) mass is 370 g/mol. The molecule has 4 rings (SSSR count).